The van der Waals surface area contributed by atoms with E-state index in [0.29, 0.717) is 10.7 Å². The van der Waals surface area contributed by atoms with E-state index in [1.165, 1.54) is 0 Å². The Labute approximate surface area is 130 Å². The van der Waals surface area contributed by atoms with E-state index in [1.807, 2.05) is 23.1 Å². The molecular weight excluding hydrogens is 286 g/mol. The Morgan fingerprint density at radius 1 is 1.33 bits per heavy atom. The largest absolute Gasteiger partial charge is 0.496 e. The molecule has 5 nitrogen and oxygen atoms in total. The van der Waals surface area contributed by atoms with Gasteiger partial charge in [-0.25, -0.2) is 0 Å². The van der Waals surface area contributed by atoms with Crippen LogP contribution in [0.5, 0.6) is 5.75 Å². The number of carbonyl (C=O) groups is 1. The first-order chi connectivity index (χ1) is 10.0. The Bertz CT molecular complexity index is 540. The highest BCUT2D eigenvalue weighted by Crippen LogP contribution is 2.21. The Balaban J connectivity index is 2.02. The highest BCUT2D eigenvalue weighted by molar-refractivity contribution is 7.80. The van der Waals surface area contributed by atoms with Crippen molar-refractivity contribution in [2.45, 2.75) is 13.5 Å². The molecule has 114 valence electrons. The van der Waals surface area contributed by atoms with E-state index in [4.69, 9.17) is 22.7 Å². The predicted molar refractivity (Wildman–Crippen MR) is 86.4 cm³/mol. The van der Waals surface area contributed by atoms with Gasteiger partial charge in [0, 0.05) is 39.6 Å². The van der Waals surface area contributed by atoms with Crippen molar-refractivity contribution in [2.24, 2.45) is 5.73 Å². The SMILES string of the molecule is COc1ccc(CN2CCN(C(C)=O)CC2)cc1C(N)=S. The summed E-state index contributed by atoms with van der Waals surface area (Å²) in [5, 5.41) is 0. The molecule has 1 aliphatic rings. The molecule has 0 spiro atoms. The van der Waals surface area contributed by atoms with Crippen molar-refractivity contribution in [3.63, 3.8) is 0 Å². The molecule has 1 fully saturated rings. The first-order valence-corrected chi connectivity index (χ1v) is 7.36. The van der Waals surface area contributed by atoms with Gasteiger partial charge < -0.3 is 15.4 Å². The number of benzene rings is 1. The van der Waals surface area contributed by atoms with Crippen LogP contribution in [0.1, 0.15) is 18.1 Å². The second-order valence-electron chi connectivity index (χ2n) is 5.18. The van der Waals surface area contributed by atoms with Crippen molar-refractivity contribution in [1.82, 2.24) is 9.80 Å². The maximum atomic E-state index is 11.3. The van der Waals surface area contributed by atoms with Crippen LogP contribution in [0.25, 0.3) is 0 Å². The monoisotopic (exact) mass is 307 g/mol. The molecule has 2 rings (SSSR count). The summed E-state index contributed by atoms with van der Waals surface area (Å²) in [5.74, 6) is 0.850. The number of ether oxygens (including phenoxy) is 1. The van der Waals surface area contributed by atoms with Gasteiger partial charge in [0.05, 0.1) is 12.7 Å². The summed E-state index contributed by atoms with van der Waals surface area (Å²) in [6, 6.07) is 5.91. The second-order valence-corrected chi connectivity index (χ2v) is 5.62. The van der Waals surface area contributed by atoms with Crippen LogP contribution in [-0.4, -0.2) is 54.0 Å². The van der Waals surface area contributed by atoms with Crippen LogP contribution >= 0.6 is 12.2 Å². The summed E-state index contributed by atoms with van der Waals surface area (Å²) >= 11 is 5.06. The molecule has 0 bridgehead atoms. The van der Waals surface area contributed by atoms with Gasteiger partial charge in [-0.15, -0.1) is 0 Å². The fourth-order valence-corrected chi connectivity index (χ4v) is 2.68. The Kier molecular flexibility index (Phi) is 5.14. The summed E-state index contributed by atoms with van der Waals surface area (Å²) in [7, 11) is 1.61. The first kappa shape index (κ1) is 15.7. The summed E-state index contributed by atoms with van der Waals surface area (Å²) < 4.78 is 5.27. The molecule has 0 radical (unpaired) electrons. The number of carbonyl (C=O) groups excluding carboxylic acids is 1. The Morgan fingerprint density at radius 3 is 2.52 bits per heavy atom. The zero-order chi connectivity index (χ0) is 15.4. The highest BCUT2D eigenvalue weighted by atomic mass is 32.1. The zero-order valence-electron chi connectivity index (χ0n) is 12.5. The average Bonchev–Trinajstić information content (AvgIpc) is 2.47. The maximum absolute atomic E-state index is 11.3. The molecule has 1 aromatic rings. The van der Waals surface area contributed by atoms with Crippen molar-refractivity contribution in [3.05, 3.63) is 29.3 Å². The molecule has 1 aliphatic heterocycles. The molecule has 6 heteroatoms. The number of nitrogens with two attached hydrogens (primary N) is 1. The highest BCUT2D eigenvalue weighted by Gasteiger charge is 2.19. The quantitative estimate of drug-likeness (QED) is 0.841. The lowest BCUT2D eigenvalue weighted by Gasteiger charge is -2.34. The molecule has 0 aliphatic carbocycles. The van der Waals surface area contributed by atoms with E-state index in [0.717, 1.165) is 43.9 Å². The van der Waals surface area contributed by atoms with Gasteiger partial charge in [0.15, 0.2) is 0 Å². The second kappa shape index (κ2) is 6.87. The van der Waals surface area contributed by atoms with Crippen molar-refractivity contribution in [3.8, 4) is 5.75 Å². The van der Waals surface area contributed by atoms with Gasteiger partial charge >= 0.3 is 0 Å². The molecule has 2 N–H and O–H groups in total. The van der Waals surface area contributed by atoms with Crippen LogP contribution in [0.2, 0.25) is 0 Å². The molecule has 1 aromatic carbocycles. The molecule has 1 amide bonds. The van der Waals surface area contributed by atoms with Gasteiger partial charge in [-0.05, 0) is 17.7 Å². The van der Waals surface area contributed by atoms with Crippen LogP contribution in [0.15, 0.2) is 18.2 Å². The molecule has 0 atom stereocenters. The first-order valence-electron chi connectivity index (χ1n) is 6.96. The summed E-state index contributed by atoms with van der Waals surface area (Å²) in [6.07, 6.45) is 0. The molecule has 0 unspecified atom stereocenters. The minimum atomic E-state index is 0.148. The number of rotatable bonds is 4. The lowest BCUT2D eigenvalue weighted by Crippen LogP contribution is -2.47. The number of amides is 1. The van der Waals surface area contributed by atoms with Crippen LogP contribution in [0.4, 0.5) is 0 Å². The van der Waals surface area contributed by atoms with E-state index in [-0.39, 0.29) is 5.91 Å². The van der Waals surface area contributed by atoms with E-state index in [9.17, 15) is 4.79 Å². The Morgan fingerprint density at radius 2 is 2.00 bits per heavy atom. The van der Waals surface area contributed by atoms with Crippen molar-refractivity contribution >= 4 is 23.1 Å². The third-order valence-corrected chi connectivity index (χ3v) is 3.97. The fourth-order valence-electron chi connectivity index (χ4n) is 2.53. The summed E-state index contributed by atoms with van der Waals surface area (Å²) in [4.78, 5) is 15.9. The average molecular weight is 307 g/mol. The third-order valence-electron chi connectivity index (χ3n) is 3.75. The van der Waals surface area contributed by atoms with Crippen molar-refractivity contribution in [1.29, 1.82) is 0 Å². The van der Waals surface area contributed by atoms with Crippen LogP contribution in [0.3, 0.4) is 0 Å². The minimum Gasteiger partial charge on any atom is -0.496 e. The lowest BCUT2D eigenvalue weighted by molar-refractivity contribution is -0.130. The minimum absolute atomic E-state index is 0.148. The Hall–Kier alpha value is -1.66. The van der Waals surface area contributed by atoms with Gasteiger partial charge in [-0.2, -0.15) is 0 Å². The smallest absolute Gasteiger partial charge is 0.219 e. The van der Waals surface area contributed by atoms with Crippen molar-refractivity contribution in [2.75, 3.05) is 33.3 Å². The van der Waals surface area contributed by atoms with Crippen LogP contribution in [0, 0.1) is 0 Å². The van der Waals surface area contributed by atoms with Crippen LogP contribution in [-0.2, 0) is 11.3 Å². The molecule has 1 saturated heterocycles. The maximum Gasteiger partial charge on any atom is 0.219 e. The number of thiocarbonyl (C=S) groups is 1. The molecular formula is C15H21N3O2S. The third kappa shape index (κ3) is 3.92. The van der Waals surface area contributed by atoms with Crippen molar-refractivity contribution < 1.29 is 9.53 Å². The van der Waals surface area contributed by atoms with Gasteiger partial charge in [0.25, 0.3) is 0 Å². The van der Waals surface area contributed by atoms with Gasteiger partial charge in [0.1, 0.15) is 10.7 Å². The number of hydrogen-bond acceptors (Lipinski definition) is 4. The molecule has 21 heavy (non-hydrogen) atoms. The standard InChI is InChI=1S/C15H21N3O2S/c1-11(19)18-7-5-17(6-8-18)10-12-3-4-14(20-2)13(9-12)15(16)21/h3-4,9H,5-8,10H2,1-2H3,(H2,16,21). The number of methoxy groups -OCH3 is 1. The van der Waals surface area contributed by atoms with E-state index in [1.54, 1.807) is 14.0 Å². The predicted octanol–water partition coefficient (Wildman–Crippen LogP) is 0.994. The van der Waals surface area contributed by atoms with Crippen LogP contribution < -0.4 is 10.5 Å². The van der Waals surface area contributed by atoms with Gasteiger partial charge in [-0.3, -0.25) is 9.69 Å². The van der Waals surface area contributed by atoms with Gasteiger partial charge in [-0.1, -0.05) is 18.3 Å². The summed E-state index contributed by atoms with van der Waals surface area (Å²) in [5.41, 5.74) is 7.66. The normalized spacial score (nSPS) is 15.8. The molecule has 1 heterocycles. The zero-order valence-corrected chi connectivity index (χ0v) is 13.3. The molecule has 0 aromatic heterocycles. The number of nitrogens with zero attached hydrogens (tertiary/aromatic N) is 2. The number of piperazine rings is 1. The number of hydrogen-bond donors (Lipinski definition) is 1. The fraction of sp³-hybridized carbons (Fsp3) is 0.467. The van der Waals surface area contributed by atoms with E-state index in [2.05, 4.69) is 4.90 Å². The lowest BCUT2D eigenvalue weighted by atomic mass is 10.1. The van der Waals surface area contributed by atoms with E-state index >= 15 is 0 Å². The topological polar surface area (TPSA) is 58.8 Å². The van der Waals surface area contributed by atoms with E-state index < -0.39 is 0 Å². The van der Waals surface area contributed by atoms with Gasteiger partial charge in [0.2, 0.25) is 5.91 Å². The summed E-state index contributed by atoms with van der Waals surface area (Å²) in [6.45, 7) is 5.78. The molecule has 0 saturated carbocycles.